The molecular weight excluding hydrogens is 208 g/mol. The van der Waals surface area contributed by atoms with Gasteiger partial charge in [0.25, 0.3) is 6.08 Å². The van der Waals surface area contributed by atoms with Crippen LogP contribution >= 0.6 is 0 Å². The van der Waals surface area contributed by atoms with E-state index in [4.69, 9.17) is 0 Å². The van der Waals surface area contributed by atoms with E-state index in [0.29, 0.717) is 30.2 Å². The first-order valence-electron chi connectivity index (χ1n) is 6.96. The Labute approximate surface area is 108 Å². The van der Waals surface area contributed by atoms with E-state index in [9.17, 15) is 0 Å². The molecule has 0 aliphatic heterocycles. The minimum Gasteiger partial charge on any atom is -0.322 e. The summed E-state index contributed by atoms with van der Waals surface area (Å²) in [5.41, 5.74) is 1.40. The van der Waals surface area contributed by atoms with E-state index in [2.05, 4.69) is 71.3 Å². The lowest BCUT2D eigenvalue weighted by Crippen LogP contribution is -2.44. The number of rotatable bonds is 6. The smallest absolute Gasteiger partial charge is 0.322 e. The maximum atomic E-state index is 3.56. The van der Waals surface area contributed by atoms with Crippen molar-refractivity contribution in [1.29, 1.82) is 0 Å². The highest BCUT2D eigenvalue weighted by molar-refractivity contribution is 5.29. The van der Waals surface area contributed by atoms with Crippen molar-refractivity contribution in [2.45, 2.75) is 85.6 Å². The van der Waals surface area contributed by atoms with Gasteiger partial charge in [-0.05, 0) is 55.4 Å². The first-order chi connectivity index (χ1) is 7.77. The summed E-state index contributed by atoms with van der Waals surface area (Å²) in [7, 11) is 0. The van der Waals surface area contributed by atoms with Crippen molar-refractivity contribution >= 4 is 0 Å². The fraction of sp³-hybridized carbons (Fsp3) is 0.867. The van der Waals surface area contributed by atoms with Crippen LogP contribution in [0.5, 0.6) is 0 Å². The van der Waals surface area contributed by atoms with E-state index in [0.717, 1.165) is 0 Å². The second-order valence-corrected chi connectivity index (χ2v) is 6.16. The predicted octanol–water partition coefficient (Wildman–Crippen LogP) is 3.29. The van der Waals surface area contributed by atoms with Crippen molar-refractivity contribution in [2.24, 2.45) is 0 Å². The molecule has 1 unspecified atom stereocenters. The fourth-order valence-corrected chi connectivity index (χ4v) is 2.88. The zero-order valence-corrected chi connectivity index (χ0v) is 12.8. The molecular formula is C15H29N2+. The molecule has 0 spiro atoms. The van der Waals surface area contributed by atoms with Crippen LogP contribution < -0.4 is 0 Å². The topological polar surface area (TPSA) is 6.48 Å². The van der Waals surface area contributed by atoms with Crippen molar-refractivity contribution in [3.63, 3.8) is 0 Å². The molecule has 2 heteroatoms. The maximum Gasteiger partial charge on any atom is 0.334 e. The standard InChI is InChI=1S/C15H29N2/c1-10(2)16(11(3)4)14-9-15(14)17(12(5)6)13(7)8/h10-14H,1-8H3/q+1. The monoisotopic (exact) mass is 237 g/mol. The third-order valence-corrected chi connectivity index (χ3v) is 3.34. The zero-order valence-electron chi connectivity index (χ0n) is 12.8. The van der Waals surface area contributed by atoms with Gasteiger partial charge in [-0.2, -0.15) is 0 Å². The quantitative estimate of drug-likeness (QED) is 0.654. The van der Waals surface area contributed by atoms with Crippen LogP contribution in [0.4, 0.5) is 0 Å². The largest absolute Gasteiger partial charge is 0.334 e. The summed E-state index contributed by atoms with van der Waals surface area (Å²) in [6.07, 6.45) is 3.56. The fourth-order valence-electron chi connectivity index (χ4n) is 2.88. The van der Waals surface area contributed by atoms with Gasteiger partial charge in [-0.25, -0.2) is 4.90 Å². The van der Waals surface area contributed by atoms with E-state index < -0.39 is 0 Å². The van der Waals surface area contributed by atoms with Gasteiger partial charge in [0.15, 0.2) is 0 Å². The molecule has 1 atom stereocenters. The summed E-state index contributed by atoms with van der Waals surface area (Å²) in [6.45, 7) is 18.1. The Morgan fingerprint density at radius 3 is 1.47 bits per heavy atom. The first-order valence-corrected chi connectivity index (χ1v) is 6.96. The van der Waals surface area contributed by atoms with Crippen molar-refractivity contribution in [3.05, 3.63) is 11.8 Å². The second-order valence-electron chi connectivity index (χ2n) is 6.16. The molecule has 0 amide bonds. The second kappa shape index (κ2) is 5.37. The van der Waals surface area contributed by atoms with Crippen molar-refractivity contribution in [1.82, 2.24) is 9.80 Å². The maximum absolute atomic E-state index is 3.56. The van der Waals surface area contributed by atoms with E-state index in [-0.39, 0.29) is 0 Å². The summed E-state index contributed by atoms with van der Waals surface area (Å²) in [6, 6.07) is 2.71. The molecule has 0 aromatic carbocycles. The first kappa shape index (κ1) is 14.5. The van der Waals surface area contributed by atoms with Gasteiger partial charge in [-0.3, -0.25) is 0 Å². The predicted molar refractivity (Wildman–Crippen MR) is 74.8 cm³/mol. The Balaban J connectivity index is 2.70. The molecule has 0 aromatic rings. The van der Waals surface area contributed by atoms with Crippen molar-refractivity contribution in [3.8, 4) is 0 Å². The zero-order chi connectivity index (χ0) is 13.3. The average Bonchev–Trinajstić information content (AvgIpc) is 2.81. The third-order valence-electron chi connectivity index (χ3n) is 3.34. The molecule has 1 rings (SSSR count). The molecule has 0 radical (unpaired) electrons. The van der Waals surface area contributed by atoms with Crippen LogP contribution in [0.3, 0.4) is 0 Å². The third kappa shape index (κ3) is 3.20. The van der Waals surface area contributed by atoms with Crippen LogP contribution in [0.15, 0.2) is 5.70 Å². The number of hydrogen-bond acceptors (Lipinski definition) is 2. The molecule has 0 fully saturated rings. The molecule has 1 aliphatic rings. The van der Waals surface area contributed by atoms with Gasteiger partial charge in [-0.1, -0.05) is 0 Å². The minimum atomic E-state index is 0.444. The number of nitrogens with zero attached hydrogens (tertiary/aromatic N) is 2. The SMILES string of the molecule is CC(C)N(C1=[C+]C1N(C(C)C)C(C)C)C(C)C. The van der Waals surface area contributed by atoms with Gasteiger partial charge in [-0.15, -0.1) is 0 Å². The number of hydrogen-bond donors (Lipinski definition) is 0. The average molecular weight is 237 g/mol. The van der Waals surface area contributed by atoms with Gasteiger partial charge in [0.1, 0.15) is 0 Å². The molecule has 0 bridgehead atoms. The van der Waals surface area contributed by atoms with Crippen LogP contribution in [0, 0.1) is 6.08 Å². The Hall–Kier alpha value is -0.590. The Morgan fingerprint density at radius 1 is 0.765 bits per heavy atom. The van der Waals surface area contributed by atoms with E-state index in [1.807, 2.05) is 0 Å². The lowest BCUT2D eigenvalue weighted by Gasteiger charge is -2.30. The molecule has 1 aliphatic carbocycles. The Kier molecular flexibility index (Phi) is 4.57. The minimum absolute atomic E-state index is 0.444. The van der Waals surface area contributed by atoms with Crippen molar-refractivity contribution < 1.29 is 0 Å². The molecule has 2 nitrogen and oxygen atoms in total. The summed E-state index contributed by atoms with van der Waals surface area (Å²) >= 11 is 0. The lowest BCUT2D eigenvalue weighted by molar-refractivity contribution is 0.145. The van der Waals surface area contributed by atoms with Gasteiger partial charge < -0.3 is 4.90 Å². The summed E-state index contributed by atoms with van der Waals surface area (Å²) in [4.78, 5) is 5.02. The highest BCUT2D eigenvalue weighted by Gasteiger charge is 2.57. The van der Waals surface area contributed by atoms with E-state index >= 15 is 0 Å². The van der Waals surface area contributed by atoms with Gasteiger partial charge >= 0.3 is 11.7 Å². The lowest BCUT2D eigenvalue weighted by atomic mass is 10.2. The van der Waals surface area contributed by atoms with Crippen LogP contribution in [0.1, 0.15) is 55.4 Å². The normalized spacial score (nSPS) is 19.4. The van der Waals surface area contributed by atoms with E-state index in [1.54, 1.807) is 0 Å². The molecule has 98 valence electrons. The highest BCUT2D eigenvalue weighted by atomic mass is 15.3. The van der Waals surface area contributed by atoms with Gasteiger partial charge in [0.05, 0.1) is 0 Å². The highest BCUT2D eigenvalue weighted by Crippen LogP contribution is 2.34. The molecule has 0 aromatic heterocycles. The van der Waals surface area contributed by atoms with Crippen LogP contribution in [0.2, 0.25) is 0 Å². The molecule has 0 N–H and O–H groups in total. The van der Waals surface area contributed by atoms with Crippen molar-refractivity contribution in [2.75, 3.05) is 0 Å². The van der Waals surface area contributed by atoms with Gasteiger partial charge in [0.2, 0.25) is 0 Å². The van der Waals surface area contributed by atoms with E-state index in [1.165, 1.54) is 5.70 Å². The van der Waals surface area contributed by atoms with Crippen LogP contribution in [-0.2, 0) is 0 Å². The van der Waals surface area contributed by atoms with Crippen LogP contribution in [-0.4, -0.2) is 40.0 Å². The summed E-state index contributed by atoms with van der Waals surface area (Å²) < 4.78 is 0. The Morgan fingerprint density at radius 2 is 1.18 bits per heavy atom. The molecule has 0 heterocycles. The van der Waals surface area contributed by atoms with Gasteiger partial charge in [0, 0.05) is 24.2 Å². The Bertz CT molecular complexity index is 261. The molecule has 0 saturated heterocycles. The summed E-state index contributed by atoms with van der Waals surface area (Å²) in [5, 5.41) is 0. The molecule has 0 saturated carbocycles. The molecule has 17 heavy (non-hydrogen) atoms. The van der Waals surface area contributed by atoms with Crippen LogP contribution in [0.25, 0.3) is 0 Å². The summed E-state index contributed by atoms with van der Waals surface area (Å²) in [5.74, 6) is 0.